The second-order valence-electron chi connectivity index (χ2n) is 4.29. The average molecular weight is 303 g/mol. The molecule has 0 amide bonds. The van der Waals surface area contributed by atoms with Gasteiger partial charge in [0.25, 0.3) is 0 Å². The van der Waals surface area contributed by atoms with E-state index in [1.54, 1.807) is 36.7 Å². The molecular formula is C15H11ClN2O3. The van der Waals surface area contributed by atoms with Gasteiger partial charge in [-0.3, -0.25) is 0 Å². The van der Waals surface area contributed by atoms with Crippen molar-refractivity contribution in [3.05, 3.63) is 65.4 Å². The fourth-order valence-corrected chi connectivity index (χ4v) is 1.91. The van der Waals surface area contributed by atoms with Crippen LogP contribution in [0.5, 0.6) is 0 Å². The Kier molecular flexibility index (Phi) is 3.75. The van der Waals surface area contributed by atoms with Crippen molar-refractivity contribution in [3.8, 4) is 11.3 Å². The van der Waals surface area contributed by atoms with Crippen molar-refractivity contribution in [1.29, 1.82) is 0 Å². The number of H-pyrrole nitrogens is 1. The van der Waals surface area contributed by atoms with Crippen molar-refractivity contribution >= 4 is 17.6 Å². The average Bonchev–Trinajstić information content (AvgIpc) is 3.17. The highest BCUT2D eigenvalue weighted by molar-refractivity contribution is 6.30. The molecule has 106 valence electrons. The van der Waals surface area contributed by atoms with E-state index in [-0.39, 0.29) is 6.61 Å². The van der Waals surface area contributed by atoms with Crippen molar-refractivity contribution in [2.75, 3.05) is 0 Å². The molecule has 5 nitrogen and oxygen atoms in total. The van der Waals surface area contributed by atoms with Crippen LogP contribution in [-0.2, 0) is 11.3 Å². The monoisotopic (exact) mass is 302 g/mol. The molecule has 6 heteroatoms. The highest BCUT2D eigenvalue weighted by Crippen LogP contribution is 2.22. The maximum Gasteiger partial charge on any atom is 0.355 e. The van der Waals surface area contributed by atoms with Crippen LogP contribution in [0.3, 0.4) is 0 Å². The summed E-state index contributed by atoms with van der Waals surface area (Å²) in [5.41, 5.74) is 1.24. The van der Waals surface area contributed by atoms with Gasteiger partial charge in [0, 0.05) is 16.8 Å². The first kappa shape index (κ1) is 13.5. The van der Waals surface area contributed by atoms with E-state index in [4.69, 9.17) is 20.8 Å². The highest BCUT2D eigenvalue weighted by atomic mass is 35.5. The Hall–Kier alpha value is -2.53. The third-order valence-corrected chi connectivity index (χ3v) is 3.08. The number of aromatic amines is 1. The topological polar surface area (TPSA) is 68.1 Å². The molecule has 0 saturated heterocycles. The summed E-state index contributed by atoms with van der Waals surface area (Å²) in [5, 5.41) is 0.651. The minimum atomic E-state index is -0.453. The summed E-state index contributed by atoms with van der Waals surface area (Å²) >= 11 is 5.83. The summed E-state index contributed by atoms with van der Waals surface area (Å²) in [6, 6.07) is 10.6. The number of oxazole rings is 1. The summed E-state index contributed by atoms with van der Waals surface area (Å²) in [6.07, 6.45) is 3.24. The lowest BCUT2D eigenvalue weighted by molar-refractivity contribution is 0.0433. The zero-order chi connectivity index (χ0) is 14.7. The molecule has 2 aromatic heterocycles. The zero-order valence-electron chi connectivity index (χ0n) is 10.9. The van der Waals surface area contributed by atoms with Crippen LogP contribution in [0.1, 0.15) is 16.4 Å². The third kappa shape index (κ3) is 3.14. The van der Waals surface area contributed by atoms with Gasteiger partial charge >= 0.3 is 5.97 Å². The molecule has 0 saturated carbocycles. The minimum absolute atomic E-state index is 0.0224. The van der Waals surface area contributed by atoms with Gasteiger partial charge in [0.15, 0.2) is 12.4 Å². The van der Waals surface area contributed by atoms with Crippen molar-refractivity contribution < 1.29 is 13.9 Å². The molecule has 0 fully saturated rings. The fourth-order valence-electron chi connectivity index (χ4n) is 1.79. The normalized spacial score (nSPS) is 10.5. The first-order valence-corrected chi connectivity index (χ1v) is 6.61. The summed E-state index contributed by atoms with van der Waals surface area (Å²) in [4.78, 5) is 18.5. The van der Waals surface area contributed by atoms with Crippen molar-refractivity contribution in [2.24, 2.45) is 0 Å². The van der Waals surface area contributed by atoms with Crippen LogP contribution in [0.4, 0.5) is 0 Å². The fraction of sp³-hybridized carbons (Fsp3) is 0.0667. The number of nitrogens with one attached hydrogen (secondary N) is 1. The van der Waals surface area contributed by atoms with Crippen LogP contribution in [0.15, 0.2) is 53.2 Å². The highest BCUT2D eigenvalue weighted by Gasteiger charge is 2.11. The van der Waals surface area contributed by atoms with Crippen LogP contribution in [0.25, 0.3) is 11.3 Å². The Labute approximate surface area is 125 Å². The molecular weight excluding hydrogens is 292 g/mol. The predicted molar refractivity (Wildman–Crippen MR) is 76.9 cm³/mol. The maximum atomic E-state index is 11.7. The number of benzene rings is 1. The second kappa shape index (κ2) is 5.85. The summed E-state index contributed by atoms with van der Waals surface area (Å²) in [5.74, 6) is 0.476. The van der Waals surface area contributed by atoms with Gasteiger partial charge in [0.1, 0.15) is 5.69 Å². The van der Waals surface area contributed by atoms with Gasteiger partial charge in [-0.25, -0.2) is 9.78 Å². The molecule has 0 atom stereocenters. The Balaban J connectivity index is 1.65. The van der Waals surface area contributed by atoms with Gasteiger partial charge in [0.05, 0.1) is 6.20 Å². The quantitative estimate of drug-likeness (QED) is 0.746. The van der Waals surface area contributed by atoms with E-state index in [0.717, 1.165) is 5.56 Å². The third-order valence-electron chi connectivity index (χ3n) is 2.83. The second-order valence-corrected chi connectivity index (χ2v) is 4.72. The van der Waals surface area contributed by atoms with Crippen LogP contribution in [0.2, 0.25) is 5.02 Å². The molecule has 3 rings (SSSR count). The Morgan fingerprint density at radius 3 is 2.81 bits per heavy atom. The van der Waals surface area contributed by atoms with Crippen LogP contribution >= 0.6 is 11.6 Å². The van der Waals surface area contributed by atoms with Crippen LogP contribution < -0.4 is 0 Å². The number of nitrogens with zero attached hydrogens (tertiary/aromatic N) is 1. The SMILES string of the molecule is O=C(OCc1ncc(-c2ccc(Cl)cc2)o1)c1ccc[nH]1. The van der Waals surface area contributed by atoms with Crippen LogP contribution in [-0.4, -0.2) is 15.9 Å². The lowest BCUT2D eigenvalue weighted by atomic mass is 10.2. The molecule has 1 N–H and O–H groups in total. The van der Waals surface area contributed by atoms with Crippen molar-refractivity contribution in [2.45, 2.75) is 6.61 Å². The summed E-state index contributed by atoms with van der Waals surface area (Å²) < 4.78 is 10.6. The molecule has 21 heavy (non-hydrogen) atoms. The van der Waals surface area contributed by atoms with E-state index in [1.807, 2.05) is 12.1 Å². The number of hydrogen-bond acceptors (Lipinski definition) is 4. The van der Waals surface area contributed by atoms with Crippen molar-refractivity contribution in [1.82, 2.24) is 9.97 Å². The molecule has 0 bridgehead atoms. The Morgan fingerprint density at radius 2 is 2.10 bits per heavy atom. The summed E-state index contributed by atoms with van der Waals surface area (Å²) in [7, 11) is 0. The van der Waals surface area contributed by atoms with Crippen LogP contribution in [0, 0.1) is 0 Å². The number of rotatable bonds is 4. The molecule has 0 aliphatic rings. The van der Waals surface area contributed by atoms with E-state index < -0.39 is 5.97 Å². The molecule has 2 heterocycles. The maximum absolute atomic E-state index is 11.7. The van der Waals surface area contributed by atoms with Gasteiger partial charge in [-0.2, -0.15) is 0 Å². The van der Waals surface area contributed by atoms with E-state index in [9.17, 15) is 4.79 Å². The van der Waals surface area contributed by atoms with E-state index >= 15 is 0 Å². The predicted octanol–water partition coefficient (Wildman–Crippen LogP) is 3.68. The molecule has 0 unspecified atom stereocenters. The molecule has 1 aromatic carbocycles. The number of esters is 1. The van der Waals surface area contributed by atoms with E-state index in [2.05, 4.69) is 9.97 Å². The molecule has 0 aliphatic heterocycles. The number of halogens is 1. The zero-order valence-corrected chi connectivity index (χ0v) is 11.6. The number of carbonyl (C=O) groups excluding carboxylic acids is 1. The minimum Gasteiger partial charge on any atom is -0.451 e. The molecule has 0 radical (unpaired) electrons. The van der Waals surface area contributed by atoms with E-state index in [1.165, 1.54) is 0 Å². The molecule has 0 aliphatic carbocycles. The summed E-state index contributed by atoms with van der Waals surface area (Å²) in [6.45, 7) is -0.0224. The lowest BCUT2D eigenvalue weighted by Crippen LogP contribution is -2.05. The van der Waals surface area contributed by atoms with Gasteiger partial charge in [-0.05, 0) is 36.4 Å². The van der Waals surface area contributed by atoms with Gasteiger partial charge < -0.3 is 14.1 Å². The number of carbonyl (C=O) groups is 1. The van der Waals surface area contributed by atoms with Crippen molar-refractivity contribution in [3.63, 3.8) is 0 Å². The van der Waals surface area contributed by atoms with Gasteiger partial charge in [-0.15, -0.1) is 0 Å². The molecule has 0 spiro atoms. The number of ether oxygens (including phenoxy) is 1. The number of hydrogen-bond donors (Lipinski definition) is 1. The Bertz CT molecular complexity index is 733. The standard InChI is InChI=1S/C15H11ClN2O3/c16-11-5-3-10(4-6-11)13-8-18-14(21-13)9-20-15(19)12-2-1-7-17-12/h1-8,17H,9H2. The smallest absolute Gasteiger partial charge is 0.355 e. The van der Waals surface area contributed by atoms with Gasteiger partial charge in [-0.1, -0.05) is 11.6 Å². The number of aromatic nitrogens is 2. The van der Waals surface area contributed by atoms with Gasteiger partial charge in [0.2, 0.25) is 5.89 Å². The first-order chi connectivity index (χ1) is 10.2. The Morgan fingerprint density at radius 1 is 1.29 bits per heavy atom. The first-order valence-electron chi connectivity index (χ1n) is 6.23. The lowest BCUT2D eigenvalue weighted by Gasteiger charge is -2.00. The largest absolute Gasteiger partial charge is 0.451 e. The molecule has 3 aromatic rings. The van der Waals surface area contributed by atoms with E-state index in [0.29, 0.717) is 22.4 Å².